The summed E-state index contributed by atoms with van der Waals surface area (Å²) in [5.41, 5.74) is 0. The van der Waals surface area contributed by atoms with E-state index in [1.807, 2.05) is 30.6 Å². The van der Waals surface area contributed by atoms with Crippen molar-refractivity contribution in [2.75, 3.05) is 5.32 Å². The van der Waals surface area contributed by atoms with Crippen molar-refractivity contribution in [3.63, 3.8) is 0 Å². The lowest BCUT2D eigenvalue weighted by molar-refractivity contribution is -0.697. The van der Waals surface area contributed by atoms with Crippen molar-refractivity contribution in [3.05, 3.63) is 35.6 Å². The molecule has 2 aromatic rings. The Kier molecular flexibility index (Phi) is 6.29. The third kappa shape index (κ3) is 5.09. The van der Waals surface area contributed by atoms with Gasteiger partial charge in [-0.1, -0.05) is 36.7 Å². The molecule has 1 saturated carbocycles. The zero-order valence-electron chi connectivity index (χ0n) is 14.0. The number of aryl methyl sites for hydroxylation is 1. The molecule has 0 spiro atoms. The summed E-state index contributed by atoms with van der Waals surface area (Å²) in [5.74, 6) is 0.587. The Hall–Kier alpha value is -1.82. The Balaban J connectivity index is 1.38. The van der Waals surface area contributed by atoms with E-state index in [1.54, 1.807) is 11.3 Å². The molecule has 0 saturated heterocycles. The van der Waals surface area contributed by atoms with Gasteiger partial charge in [0, 0.05) is 30.9 Å². The minimum Gasteiger partial charge on any atom is -0.301 e. The summed E-state index contributed by atoms with van der Waals surface area (Å²) in [4.78, 5) is 12.0. The second kappa shape index (κ2) is 8.87. The number of rotatable bonds is 7. The molecule has 1 N–H and O–H groups in total. The van der Waals surface area contributed by atoms with Gasteiger partial charge >= 0.3 is 0 Å². The van der Waals surface area contributed by atoms with Gasteiger partial charge in [0.15, 0.2) is 12.4 Å². The number of carbonyl (C=O) groups is 1. The Morgan fingerprint density at radius 3 is 2.71 bits per heavy atom. The molecule has 1 amide bonds. The monoisotopic (exact) mass is 345 g/mol. The van der Waals surface area contributed by atoms with Crippen LogP contribution in [0.15, 0.2) is 30.6 Å². The highest BCUT2D eigenvalue weighted by Crippen LogP contribution is 2.35. The lowest BCUT2D eigenvalue weighted by Crippen LogP contribution is -2.32. The summed E-state index contributed by atoms with van der Waals surface area (Å²) in [7, 11) is 0. The number of hydrogen-bond donors (Lipinski definition) is 1. The fraction of sp³-hybridized carbons (Fsp3) is 0.556. The Morgan fingerprint density at radius 2 is 1.92 bits per heavy atom. The van der Waals surface area contributed by atoms with Crippen molar-refractivity contribution >= 4 is 22.4 Å². The van der Waals surface area contributed by atoms with E-state index in [2.05, 4.69) is 20.1 Å². The number of carbonyl (C=O) groups excluding carboxylic acids is 1. The first-order valence-corrected chi connectivity index (χ1v) is 9.70. The number of pyridine rings is 1. The maximum Gasteiger partial charge on any atom is 0.226 e. The molecule has 0 atom stereocenters. The van der Waals surface area contributed by atoms with Crippen molar-refractivity contribution in [2.24, 2.45) is 0 Å². The summed E-state index contributed by atoms with van der Waals surface area (Å²) in [6, 6.07) is 6.05. The van der Waals surface area contributed by atoms with Crippen LogP contribution in [-0.4, -0.2) is 16.1 Å². The topological polar surface area (TPSA) is 58.8 Å². The van der Waals surface area contributed by atoms with Gasteiger partial charge in [0.1, 0.15) is 11.6 Å². The van der Waals surface area contributed by atoms with Crippen LogP contribution >= 0.6 is 11.3 Å². The molecule has 1 aliphatic rings. The molecule has 1 aliphatic carbocycles. The van der Waals surface area contributed by atoms with E-state index in [0.29, 0.717) is 17.5 Å². The molecule has 0 radical (unpaired) electrons. The predicted octanol–water partition coefficient (Wildman–Crippen LogP) is 3.68. The Morgan fingerprint density at radius 1 is 1.12 bits per heavy atom. The molecule has 0 aromatic carbocycles. The first-order valence-electron chi connectivity index (χ1n) is 8.88. The van der Waals surface area contributed by atoms with Gasteiger partial charge in [0.25, 0.3) is 0 Å². The van der Waals surface area contributed by atoms with E-state index in [9.17, 15) is 4.79 Å². The number of amides is 1. The van der Waals surface area contributed by atoms with Gasteiger partial charge in [-0.3, -0.25) is 4.79 Å². The summed E-state index contributed by atoms with van der Waals surface area (Å²) < 4.78 is 2.14. The fourth-order valence-corrected chi connectivity index (χ4v) is 4.07. The molecule has 2 aromatic heterocycles. The number of aromatic nitrogens is 3. The van der Waals surface area contributed by atoms with Crippen LogP contribution < -0.4 is 9.88 Å². The molecular weight excluding hydrogens is 320 g/mol. The summed E-state index contributed by atoms with van der Waals surface area (Å²) >= 11 is 1.55. The van der Waals surface area contributed by atoms with Crippen LogP contribution in [0.4, 0.5) is 5.13 Å². The molecule has 5 nitrogen and oxygen atoms in total. The van der Waals surface area contributed by atoms with Crippen LogP contribution in [0.25, 0.3) is 0 Å². The van der Waals surface area contributed by atoms with Crippen LogP contribution in [0, 0.1) is 0 Å². The van der Waals surface area contributed by atoms with Gasteiger partial charge in [-0.05, 0) is 19.3 Å². The fourth-order valence-electron chi connectivity index (χ4n) is 3.14. The zero-order chi connectivity index (χ0) is 16.6. The molecule has 1 fully saturated rings. The SMILES string of the molecule is O=C(CCCC[n+]1ccccc1)Nc1nnc(C2CCCCC2)s1. The molecule has 3 rings (SSSR count). The normalized spacial score (nSPS) is 15.3. The molecule has 0 unspecified atom stereocenters. The van der Waals surface area contributed by atoms with Crippen molar-refractivity contribution < 1.29 is 9.36 Å². The van der Waals surface area contributed by atoms with Crippen LogP contribution in [0.3, 0.4) is 0 Å². The molecule has 0 aliphatic heterocycles. The van der Waals surface area contributed by atoms with E-state index in [0.717, 1.165) is 24.4 Å². The number of unbranched alkanes of at least 4 members (excludes halogenated alkanes) is 1. The number of nitrogens with one attached hydrogen (secondary N) is 1. The maximum atomic E-state index is 12.0. The lowest BCUT2D eigenvalue weighted by Gasteiger charge is -2.18. The minimum absolute atomic E-state index is 0.0411. The molecule has 0 bridgehead atoms. The van der Waals surface area contributed by atoms with Crippen LogP contribution in [-0.2, 0) is 11.3 Å². The maximum absolute atomic E-state index is 12.0. The minimum atomic E-state index is 0.0411. The Bertz CT molecular complexity index is 637. The van der Waals surface area contributed by atoms with Gasteiger partial charge in [0.05, 0.1) is 0 Å². The standard InChI is InChI=1S/C18H24N4OS/c23-16(11-5-8-14-22-12-6-2-7-13-22)19-18-21-20-17(24-18)15-9-3-1-4-10-15/h2,6-7,12-13,15H,1,3-5,8-11,14H2/p+1. The van der Waals surface area contributed by atoms with Crippen molar-refractivity contribution in [3.8, 4) is 0 Å². The highest BCUT2D eigenvalue weighted by Gasteiger charge is 2.20. The molecule has 128 valence electrons. The average molecular weight is 345 g/mol. The summed E-state index contributed by atoms with van der Waals surface area (Å²) in [5, 5.41) is 13.1. The van der Waals surface area contributed by atoms with E-state index in [-0.39, 0.29) is 5.91 Å². The van der Waals surface area contributed by atoms with Gasteiger partial charge < -0.3 is 5.32 Å². The highest BCUT2D eigenvalue weighted by molar-refractivity contribution is 7.15. The first kappa shape index (κ1) is 17.0. The second-order valence-electron chi connectivity index (χ2n) is 6.40. The highest BCUT2D eigenvalue weighted by atomic mass is 32.1. The number of anilines is 1. The van der Waals surface area contributed by atoms with Crippen LogP contribution in [0.2, 0.25) is 0 Å². The van der Waals surface area contributed by atoms with Gasteiger partial charge in [-0.15, -0.1) is 10.2 Å². The summed E-state index contributed by atoms with van der Waals surface area (Å²) in [6.45, 7) is 0.943. The molecule has 2 heterocycles. The molecule has 6 heteroatoms. The average Bonchev–Trinajstić information content (AvgIpc) is 3.09. The first-order chi connectivity index (χ1) is 11.8. The smallest absolute Gasteiger partial charge is 0.226 e. The zero-order valence-corrected chi connectivity index (χ0v) is 14.8. The van der Waals surface area contributed by atoms with Gasteiger partial charge in [-0.25, -0.2) is 4.57 Å². The van der Waals surface area contributed by atoms with Crippen molar-refractivity contribution in [2.45, 2.75) is 63.8 Å². The number of nitrogens with zero attached hydrogens (tertiary/aromatic N) is 3. The number of hydrogen-bond acceptors (Lipinski definition) is 4. The van der Waals surface area contributed by atoms with Gasteiger partial charge in [0.2, 0.25) is 11.0 Å². The molecule has 24 heavy (non-hydrogen) atoms. The van der Waals surface area contributed by atoms with Gasteiger partial charge in [-0.2, -0.15) is 0 Å². The van der Waals surface area contributed by atoms with Crippen molar-refractivity contribution in [1.29, 1.82) is 0 Å². The van der Waals surface area contributed by atoms with Crippen molar-refractivity contribution in [1.82, 2.24) is 10.2 Å². The lowest BCUT2D eigenvalue weighted by atomic mass is 9.90. The van der Waals surface area contributed by atoms with Crippen LogP contribution in [0.5, 0.6) is 0 Å². The third-order valence-electron chi connectivity index (χ3n) is 4.49. The second-order valence-corrected chi connectivity index (χ2v) is 7.41. The van der Waals surface area contributed by atoms with E-state index >= 15 is 0 Å². The largest absolute Gasteiger partial charge is 0.301 e. The quantitative estimate of drug-likeness (QED) is 0.615. The Labute approximate surface area is 147 Å². The summed E-state index contributed by atoms with van der Waals surface area (Å²) in [6.07, 6.45) is 12.8. The van der Waals surface area contributed by atoms with E-state index in [1.165, 1.54) is 32.1 Å². The van der Waals surface area contributed by atoms with Crippen LogP contribution in [0.1, 0.15) is 62.3 Å². The van der Waals surface area contributed by atoms with E-state index < -0.39 is 0 Å². The molecular formula is C18H25N4OS+. The predicted molar refractivity (Wildman–Crippen MR) is 94.9 cm³/mol. The van der Waals surface area contributed by atoms with E-state index in [4.69, 9.17) is 0 Å². The third-order valence-corrected chi connectivity index (χ3v) is 5.49.